The highest BCUT2D eigenvalue weighted by Crippen LogP contribution is 2.30. The summed E-state index contributed by atoms with van der Waals surface area (Å²) in [6.45, 7) is 0. The van der Waals surface area contributed by atoms with Crippen LogP contribution in [0.4, 0.5) is 0 Å². The molecule has 0 radical (unpaired) electrons. The van der Waals surface area contributed by atoms with E-state index in [9.17, 15) is 0 Å². The minimum Gasteiger partial charge on any atom is -0.497 e. The first-order chi connectivity index (χ1) is 10.8. The molecule has 108 valence electrons. The Morgan fingerprint density at radius 3 is 2.36 bits per heavy atom. The van der Waals surface area contributed by atoms with Crippen molar-refractivity contribution in [3.05, 3.63) is 66.7 Å². The Labute approximate surface area is 129 Å². The van der Waals surface area contributed by atoms with Gasteiger partial charge in [-0.2, -0.15) is 0 Å². The number of hydrogen-bond donors (Lipinski definition) is 0. The number of nitrogens with zero attached hydrogens (tertiary/aromatic N) is 1. The summed E-state index contributed by atoms with van der Waals surface area (Å²) in [6.07, 6.45) is 0. The Hall–Kier alpha value is -2.74. The van der Waals surface area contributed by atoms with Crippen molar-refractivity contribution in [2.75, 3.05) is 7.11 Å². The summed E-state index contributed by atoms with van der Waals surface area (Å²) in [6, 6.07) is 23.5. The zero-order valence-corrected chi connectivity index (χ0v) is 12.7. The minimum atomic E-state index is 0.893. The highest BCUT2D eigenvalue weighted by atomic mass is 16.5. The first-order valence-corrected chi connectivity index (χ1v) is 7.39. The summed E-state index contributed by atoms with van der Waals surface area (Å²) in [5, 5.41) is 3.69. The van der Waals surface area contributed by atoms with Crippen LogP contribution in [0.3, 0.4) is 0 Å². The number of aryl methyl sites for hydroxylation is 1. The number of hydrogen-bond acceptors (Lipinski definition) is 1. The molecule has 1 heterocycles. The third kappa shape index (κ3) is 1.96. The topological polar surface area (TPSA) is 14.2 Å². The van der Waals surface area contributed by atoms with Crippen LogP contribution in [0.1, 0.15) is 0 Å². The molecule has 0 spiro atoms. The lowest BCUT2D eigenvalue weighted by Crippen LogP contribution is -1.91. The second-order valence-corrected chi connectivity index (χ2v) is 5.58. The van der Waals surface area contributed by atoms with Gasteiger partial charge in [-0.1, -0.05) is 36.4 Å². The second kappa shape index (κ2) is 4.92. The Morgan fingerprint density at radius 1 is 0.773 bits per heavy atom. The molecule has 0 atom stereocenters. The molecule has 0 N–H and O–H groups in total. The molecule has 4 rings (SSSR count). The molecular weight excluding hydrogens is 270 g/mol. The maximum absolute atomic E-state index is 5.29. The third-order valence-corrected chi connectivity index (χ3v) is 4.29. The Balaban J connectivity index is 1.90. The summed E-state index contributed by atoms with van der Waals surface area (Å²) in [5.41, 5.74) is 3.72. The van der Waals surface area contributed by atoms with Crippen molar-refractivity contribution in [2.45, 2.75) is 0 Å². The van der Waals surface area contributed by atoms with Crippen LogP contribution in [0.5, 0.6) is 5.75 Å². The van der Waals surface area contributed by atoms with E-state index >= 15 is 0 Å². The van der Waals surface area contributed by atoms with Gasteiger partial charge in [0, 0.05) is 23.6 Å². The van der Waals surface area contributed by atoms with E-state index in [0.29, 0.717) is 0 Å². The van der Waals surface area contributed by atoms with Gasteiger partial charge in [-0.05, 0) is 46.7 Å². The Bertz CT molecular complexity index is 982. The molecule has 4 aromatic rings. The van der Waals surface area contributed by atoms with E-state index in [-0.39, 0.29) is 0 Å². The van der Waals surface area contributed by atoms with Gasteiger partial charge in [-0.25, -0.2) is 0 Å². The lowest BCUT2D eigenvalue weighted by atomic mass is 10.0. The first kappa shape index (κ1) is 13.0. The lowest BCUT2D eigenvalue weighted by molar-refractivity contribution is 0.415. The molecule has 2 heteroatoms. The van der Waals surface area contributed by atoms with E-state index in [2.05, 4.69) is 72.3 Å². The summed E-state index contributed by atoms with van der Waals surface area (Å²) in [5.74, 6) is 0.893. The molecule has 0 amide bonds. The first-order valence-electron chi connectivity index (χ1n) is 7.39. The molecule has 0 aliphatic heterocycles. The van der Waals surface area contributed by atoms with Gasteiger partial charge >= 0.3 is 0 Å². The second-order valence-electron chi connectivity index (χ2n) is 5.58. The molecule has 0 aliphatic carbocycles. The summed E-state index contributed by atoms with van der Waals surface area (Å²) >= 11 is 0. The average molecular weight is 287 g/mol. The van der Waals surface area contributed by atoms with Crippen molar-refractivity contribution in [1.29, 1.82) is 0 Å². The van der Waals surface area contributed by atoms with Crippen LogP contribution < -0.4 is 4.74 Å². The summed E-state index contributed by atoms with van der Waals surface area (Å²) in [4.78, 5) is 0. The van der Waals surface area contributed by atoms with Gasteiger partial charge in [-0.3, -0.25) is 0 Å². The maximum Gasteiger partial charge on any atom is 0.119 e. The molecule has 0 unspecified atom stereocenters. The SMILES string of the molecule is COc1ccc2cc(-c3cc4ccccc4n3C)ccc2c1. The number of rotatable bonds is 2. The monoisotopic (exact) mass is 287 g/mol. The molecule has 3 aromatic carbocycles. The molecule has 0 aliphatic rings. The highest BCUT2D eigenvalue weighted by molar-refractivity contribution is 5.91. The van der Waals surface area contributed by atoms with Crippen LogP contribution in [0.25, 0.3) is 32.9 Å². The van der Waals surface area contributed by atoms with E-state index in [0.717, 1.165) is 5.75 Å². The van der Waals surface area contributed by atoms with Gasteiger partial charge in [-0.15, -0.1) is 0 Å². The van der Waals surface area contributed by atoms with Crippen molar-refractivity contribution in [2.24, 2.45) is 7.05 Å². The zero-order valence-electron chi connectivity index (χ0n) is 12.7. The maximum atomic E-state index is 5.29. The predicted molar refractivity (Wildman–Crippen MR) is 92.4 cm³/mol. The number of fused-ring (bicyclic) bond motifs is 2. The van der Waals surface area contributed by atoms with Crippen molar-refractivity contribution in [3.8, 4) is 17.0 Å². The van der Waals surface area contributed by atoms with E-state index < -0.39 is 0 Å². The van der Waals surface area contributed by atoms with Crippen LogP contribution in [0.2, 0.25) is 0 Å². The third-order valence-electron chi connectivity index (χ3n) is 4.29. The van der Waals surface area contributed by atoms with Crippen LogP contribution in [-0.2, 0) is 7.05 Å². The minimum absolute atomic E-state index is 0.893. The zero-order chi connectivity index (χ0) is 15.1. The van der Waals surface area contributed by atoms with Crippen LogP contribution in [-0.4, -0.2) is 11.7 Å². The van der Waals surface area contributed by atoms with Gasteiger partial charge in [0.15, 0.2) is 0 Å². The van der Waals surface area contributed by atoms with Crippen LogP contribution in [0, 0.1) is 0 Å². The van der Waals surface area contributed by atoms with E-state index in [1.807, 2.05) is 6.07 Å². The Morgan fingerprint density at radius 2 is 1.55 bits per heavy atom. The van der Waals surface area contributed by atoms with Crippen molar-refractivity contribution >= 4 is 21.7 Å². The fraction of sp³-hybridized carbons (Fsp3) is 0.100. The summed E-state index contributed by atoms with van der Waals surface area (Å²) < 4.78 is 7.54. The normalized spacial score (nSPS) is 11.2. The Kier molecular flexibility index (Phi) is 2.90. The van der Waals surface area contributed by atoms with Crippen LogP contribution >= 0.6 is 0 Å². The summed E-state index contributed by atoms with van der Waals surface area (Å²) in [7, 11) is 3.82. The van der Waals surface area contributed by atoms with Crippen molar-refractivity contribution < 1.29 is 4.74 Å². The smallest absolute Gasteiger partial charge is 0.119 e. The van der Waals surface area contributed by atoms with Gasteiger partial charge in [0.25, 0.3) is 0 Å². The number of ether oxygens (including phenoxy) is 1. The predicted octanol–water partition coefficient (Wildman–Crippen LogP) is 5.01. The molecule has 22 heavy (non-hydrogen) atoms. The van der Waals surface area contributed by atoms with Crippen molar-refractivity contribution in [1.82, 2.24) is 4.57 Å². The molecule has 0 saturated heterocycles. The molecular formula is C20H17NO. The van der Waals surface area contributed by atoms with Gasteiger partial charge in [0.05, 0.1) is 7.11 Å². The number of benzene rings is 3. The van der Waals surface area contributed by atoms with Crippen LogP contribution in [0.15, 0.2) is 66.7 Å². The van der Waals surface area contributed by atoms with Gasteiger partial charge < -0.3 is 9.30 Å². The molecule has 1 aromatic heterocycles. The van der Waals surface area contributed by atoms with Crippen molar-refractivity contribution in [3.63, 3.8) is 0 Å². The standard InChI is InChI=1S/C20H17NO/c1-21-19-6-4-3-5-16(19)13-20(21)17-8-7-15-12-18(22-2)10-9-14(15)11-17/h3-13H,1-2H3. The van der Waals surface area contributed by atoms with E-state index in [1.165, 1.54) is 32.9 Å². The molecule has 2 nitrogen and oxygen atoms in total. The number of methoxy groups -OCH3 is 1. The molecule has 0 saturated carbocycles. The largest absolute Gasteiger partial charge is 0.497 e. The van der Waals surface area contributed by atoms with E-state index in [4.69, 9.17) is 4.74 Å². The average Bonchev–Trinajstić information content (AvgIpc) is 2.91. The number of para-hydroxylation sites is 1. The van der Waals surface area contributed by atoms with E-state index in [1.54, 1.807) is 7.11 Å². The molecule has 0 bridgehead atoms. The highest BCUT2D eigenvalue weighted by Gasteiger charge is 2.08. The lowest BCUT2D eigenvalue weighted by Gasteiger charge is -2.07. The molecule has 0 fully saturated rings. The quantitative estimate of drug-likeness (QED) is 0.505. The fourth-order valence-corrected chi connectivity index (χ4v) is 3.08. The van der Waals surface area contributed by atoms with Gasteiger partial charge in [0.1, 0.15) is 5.75 Å². The van der Waals surface area contributed by atoms with Gasteiger partial charge in [0.2, 0.25) is 0 Å². The number of aromatic nitrogens is 1. The fourth-order valence-electron chi connectivity index (χ4n) is 3.08.